The van der Waals surface area contributed by atoms with Gasteiger partial charge in [0, 0.05) is 29.7 Å². The average molecular weight is 322 g/mol. The first-order chi connectivity index (χ1) is 10.5. The molecule has 126 valence electrons. The number of hydrogen-bond acceptors (Lipinski definition) is 5. The van der Waals surface area contributed by atoms with Crippen LogP contribution in [0.3, 0.4) is 0 Å². The van der Waals surface area contributed by atoms with E-state index in [1.165, 1.54) is 12.1 Å². The molecule has 0 spiro atoms. The standard InChI is InChI=1S/C16H22N2O5/c1-10-6-7-12(9-13(10)18(21)22)14(19)8-11(2)17-15(20)23-16(3,4)5/h6-7,9,11H,8H2,1-5H3,(H,17,20). The number of hydrogen-bond donors (Lipinski definition) is 1. The van der Waals surface area contributed by atoms with E-state index in [1.807, 2.05) is 0 Å². The molecule has 1 aromatic carbocycles. The summed E-state index contributed by atoms with van der Waals surface area (Å²) in [4.78, 5) is 34.2. The third-order valence-corrected chi connectivity index (χ3v) is 2.98. The minimum Gasteiger partial charge on any atom is -0.444 e. The number of nitro benzene ring substituents is 1. The van der Waals surface area contributed by atoms with Crippen molar-refractivity contribution in [2.75, 3.05) is 0 Å². The SMILES string of the molecule is Cc1ccc(C(=O)CC(C)NC(=O)OC(C)(C)C)cc1[N+](=O)[O-]. The molecule has 23 heavy (non-hydrogen) atoms. The molecule has 1 atom stereocenters. The number of carbonyl (C=O) groups excluding carboxylic acids is 2. The Balaban J connectivity index is 2.71. The van der Waals surface area contributed by atoms with E-state index in [9.17, 15) is 19.7 Å². The molecule has 0 fully saturated rings. The number of amides is 1. The predicted molar refractivity (Wildman–Crippen MR) is 85.6 cm³/mol. The molecule has 0 radical (unpaired) electrons. The van der Waals surface area contributed by atoms with E-state index < -0.39 is 22.7 Å². The van der Waals surface area contributed by atoms with Gasteiger partial charge in [-0.05, 0) is 34.6 Å². The molecule has 7 heteroatoms. The highest BCUT2D eigenvalue weighted by Gasteiger charge is 2.20. The molecule has 0 saturated carbocycles. The van der Waals surface area contributed by atoms with E-state index in [1.54, 1.807) is 40.7 Å². The number of Topliss-reactive ketones (excluding diaryl/α,β-unsaturated/α-hetero) is 1. The first kappa shape index (κ1) is 18.6. The summed E-state index contributed by atoms with van der Waals surface area (Å²) < 4.78 is 5.11. The fourth-order valence-corrected chi connectivity index (χ4v) is 1.94. The quantitative estimate of drug-likeness (QED) is 0.509. The van der Waals surface area contributed by atoms with Crippen LogP contribution < -0.4 is 5.32 Å². The molecule has 0 aromatic heterocycles. The molecule has 0 aliphatic heterocycles. The summed E-state index contributed by atoms with van der Waals surface area (Å²) in [7, 11) is 0. The number of benzene rings is 1. The fourth-order valence-electron chi connectivity index (χ4n) is 1.94. The number of aryl methyl sites for hydroxylation is 1. The minimum atomic E-state index is -0.620. The zero-order valence-corrected chi connectivity index (χ0v) is 14.0. The summed E-state index contributed by atoms with van der Waals surface area (Å²) in [6.07, 6.45) is -0.577. The highest BCUT2D eigenvalue weighted by Crippen LogP contribution is 2.20. The zero-order valence-electron chi connectivity index (χ0n) is 14.0. The van der Waals surface area contributed by atoms with Gasteiger partial charge in [0.2, 0.25) is 0 Å². The van der Waals surface area contributed by atoms with Gasteiger partial charge in [0.15, 0.2) is 5.78 Å². The van der Waals surface area contributed by atoms with Gasteiger partial charge in [-0.1, -0.05) is 12.1 Å². The molecule has 0 bridgehead atoms. The molecule has 1 rings (SSSR count). The monoisotopic (exact) mass is 322 g/mol. The maximum atomic E-state index is 12.2. The molecule has 0 heterocycles. The van der Waals surface area contributed by atoms with Crippen LogP contribution in [0.2, 0.25) is 0 Å². The molecule has 0 aliphatic carbocycles. The molecule has 1 unspecified atom stereocenters. The number of ketones is 1. The first-order valence-electron chi connectivity index (χ1n) is 7.27. The number of carbonyl (C=O) groups is 2. The van der Waals surface area contributed by atoms with Gasteiger partial charge in [0.05, 0.1) is 4.92 Å². The maximum Gasteiger partial charge on any atom is 0.407 e. The number of nitro groups is 1. The van der Waals surface area contributed by atoms with Gasteiger partial charge >= 0.3 is 6.09 Å². The Morgan fingerprint density at radius 2 is 1.96 bits per heavy atom. The van der Waals surface area contributed by atoms with Crippen molar-refractivity contribution < 1.29 is 19.2 Å². The molecular weight excluding hydrogens is 300 g/mol. The third kappa shape index (κ3) is 6.06. The molecule has 1 aromatic rings. The second-order valence-corrected chi connectivity index (χ2v) is 6.43. The Morgan fingerprint density at radius 3 is 2.48 bits per heavy atom. The van der Waals surface area contributed by atoms with Crippen LogP contribution in [-0.2, 0) is 4.74 Å². The normalized spacial score (nSPS) is 12.4. The lowest BCUT2D eigenvalue weighted by molar-refractivity contribution is -0.385. The topological polar surface area (TPSA) is 98.5 Å². The Hall–Kier alpha value is -2.44. The van der Waals surface area contributed by atoms with Crippen molar-refractivity contribution in [1.29, 1.82) is 0 Å². The fraction of sp³-hybridized carbons (Fsp3) is 0.500. The maximum absolute atomic E-state index is 12.2. The highest BCUT2D eigenvalue weighted by atomic mass is 16.6. The summed E-state index contributed by atoms with van der Waals surface area (Å²) >= 11 is 0. The van der Waals surface area contributed by atoms with Crippen LogP contribution in [0.1, 0.15) is 50.0 Å². The van der Waals surface area contributed by atoms with E-state index in [0.717, 1.165) is 0 Å². The van der Waals surface area contributed by atoms with Crippen LogP contribution in [0.15, 0.2) is 18.2 Å². The second-order valence-electron chi connectivity index (χ2n) is 6.43. The third-order valence-electron chi connectivity index (χ3n) is 2.98. The van der Waals surface area contributed by atoms with Crippen molar-refractivity contribution in [1.82, 2.24) is 5.32 Å². The Labute approximate surface area is 135 Å². The van der Waals surface area contributed by atoms with E-state index in [4.69, 9.17) is 4.74 Å². The summed E-state index contributed by atoms with van der Waals surface area (Å²) in [5, 5.41) is 13.5. The van der Waals surface area contributed by atoms with Crippen LogP contribution >= 0.6 is 0 Å². The van der Waals surface area contributed by atoms with E-state index in [2.05, 4.69) is 5.32 Å². The summed E-state index contributed by atoms with van der Waals surface area (Å²) in [5.41, 5.74) is 0.0287. The van der Waals surface area contributed by atoms with Gasteiger partial charge in [0.25, 0.3) is 5.69 Å². The van der Waals surface area contributed by atoms with E-state index >= 15 is 0 Å². The van der Waals surface area contributed by atoms with Crippen molar-refractivity contribution in [3.05, 3.63) is 39.4 Å². The summed E-state index contributed by atoms with van der Waals surface area (Å²) in [6.45, 7) is 8.51. The summed E-state index contributed by atoms with van der Waals surface area (Å²) in [5.74, 6) is -0.281. The van der Waals surface area contributed by atoms with Gasteiger partial charge in [0.1, 0.15) is 5.60 Å². The first-order valence-corrected chi connectivity index (χ1v) is 7.27. The van der Waals surface area contributed by atoms with Crippen molar-refractivity contribution >= 4 is 17.6 Å². The van der Waals surface area contributed by atoms with Crippen LogP contribution in [-0.4, -0.2) is 28.4 Å². The minimum absolute atomic E-state index is 0.0272. The van der Waals surface area contributed by atoms with Gasteiger partial charge in [-0.2, -0.15) is 0 Å². The Bertz CT molecular complexity index is 619. The van der Waals surface area contributed by atoms with Crippen molar-refractivity contribution in [3.63, 3.8) is 0 Å². The lowest BCUT2D eigenvalue weighted by Crippen LogP contribution is -2.38. The van der Waals surface area contributed by atoms with Crippen molar-refractivity contribution in [2.24, 2.45) is 0 Å². The number of nitrogens with one attached hydrogen (secondary N) is 1. The van der Waals surface area contributed by atoms with Gasteiger partial charge in [-0.25, -0.2) is 4.79 Å². The van der Waals surface area contributed by atoms with Crippen LogP contribution in [0.4, 0.5) is 10.5 Å². The number of ether oxygens (including phenoxy) is 1. The number of alkyl carbamates (subject to hydrolysis) is 1. The second kappa shape index (κ2) is 7.21. The Kier molecular flexibility index (Phi) is 5.84. The van der Waals surface area contributed by atoms with Gasteiger partial charge in [-0.15, -0.1) is 0 Å². The molecule has 7 nitrogen and oxygen atoms in total. The van der Waals surface area contributed by atoms with Crippen molar-refractivity contribution in [2.45, 2.75) is 52.7 Å². The summed E-state index contributed by atoms with van der Waals surface area (Å²) in [6, 6.07) is 3.90. The Morgan fingerprint density at radius 1 is 1.35 bits per heavy atom. The average Bonchev–Trinajstić information content (AvgIpc) is 2.35. The molecular formula is C16H22N2O5. The number of nitrogens with zero attached hydrogens (tertiary/aromatic N) is 1. The molecule has 0 saturated heterocycles. The van der Waals surface area contributed by atoms with Gasteiger partial charge < -0.3 is 10.1 Å². The smallest absolute Gasteiger partial charge is 0.407 e. The molecule has 1 amide bonds. The lowest BCUT2D eigenvalue weighted by atomic mass is 10.0. The predicted octanol–water partition coefficient (Wildman–Crippen LogP) is 3.39. The highest BCUT2D eigenvalue weighted by molar-refractivity contribution is 5.97. The van der Waals surface area contributed by atoms with Crippen molar-refractivity contribution in [3.8, 4) is 0 Å². The van der Waals surface area contributed by atoms with E-state index in [-0.39, 0.29) is 23.5 Å². The molecule has 1 N–H and O–H groups in total. The van der Waals surface area contributed by atoms with Crippen LogP contribution in [0.25, 0.3) is 0 Å². The van der Waals surface area contributed by atoms with Crippen LogP contribution in [0, 0.1) is 17.0 Å². The largest absolute Gasteiger partial charge is 0.444 e. The lowest BCUT2D eigenvalue weighted by Gasteiger charge is -2.21. The zero-order chi connectivity index (χ0) is 17.8. The van der Waals surface area contributed by atoms with Crippen LogP contribution in [0.5, 0.6) is 0 Å². The number of rotatable bonds is 5. The van der Waals surface area contributed by atoms with Gasteiger partial charge in [-0.3, -0.25) is 14.9 Å². The van der Waals surface area contributed by atoms with E-state index in [0.29, 0.717) is 5.56 Å². The molecule has 0 aliphatic rings.